The van der Waals surface area contributed by atoms with Gasteiger partial charge in [0.15, 0.2) is 0 Å². The first-order valence-electron chi connectivity index (χ1n) is 7.33. The van der Waals surface area contributed by atoms with Gasteiger partial charge in [-0.1, -0.05) is 37.5 Å². The van der Waals surface area contributed by atoms with Crippen LogP contribution < -0.4 is 11.1 Å². The van der Waals surface area contributed by atoms with Crippen molar-refractivity contribution in [3.05, 3.63) is 30.5 Å². The highest BCUT2D eigenvalue weighted by molar-refractivity contribution is 5.96. The van der Waals surface area contributed by atoms with Gasteiger partial charge >= 0.3 is 0 Å². The minimum atomic E-state index is -0.302. The van der Waals surface area contributed by atoms with Crippen LogP contribution in [-0.4, -0.2) is 22.2 Å². The molecule has 0 amide bonds. The molecule has 3 rings (SSSR count). The number of nitrogens with zero attached hydrogens (tertiary/aromatic N) is 1. The first-order chi connectivity index (χ1) is 9.75. The molecule has 1 fully saturated rings. The van der Waals surface area contributed by atoms with Crippen molar-refractivity contribution in [2.24, 2.45) is 0 Å². The van der Waals surface area contributed by atoms with E-state index in [1.807, 2.05) is 24.3 Å². The van der Waals surface area contributed by atoms with Crippen LogP contribution in [-0.2, 0) is 0 Å². The molecule has 4 heteroatoms. The Morgan fingerprint density at radius 2 is 1.95 bits per heavy atom. The number of rotatable bonds is 2. The topological polar surface area (TPSA) is 71.2 Å². The normalized spacial score (nSPS) is 23.4. The van der Waals surface area contributed by atoms with Crippen molar-refractivity contribution >= 4 is 22.3 Å². The number of aliphatic hydroxyl groups excluding tert-OH is 1. The molecule has 0 aliphatic heterocycles. The number of nitrogens with two attached hydrogens (primary N) is 1. The van der Waals surface area contributed by atoms with E-state index < -0.39 is 0 Å². The zero-order valence-corrected chi connectivity index (χ0v) is 11.5. The molecule has 1 aliphatic carbocycles. The number of aliphatic hydroxyl groups is 1. The molecule has 106 valence electrons. The monoisotopic (exact) mass is 271 g/mol. The van der Waals surface area contributed by atoms with Crippen LogP contribution in [0.1, 0.15) is 32.1 Å². The third-order valence-corrected chi connectivity index (χ3v) is 4.11. The number of nitrogens with one attached hydrogen (secondary N) is 1. The lowest BCUT2D eigenvalue weighted by atomic mass is 10.0. The second-order valence-electron chi connectivity index (χ2n) is 5.56. The number of hydrogen-bond donors (Lipinski definition) is 3. The van der Waals surface area contributed by atoms with Crippen molar-refractivity contribution < 1.29 is 5.11 Å². The van der Waals surface area contributed by atoms with Gasteiger partial charge in [-0.15, -0.1) is 0 Å². The standard InChI is InChI=1S/C16H21N3O/c17-12-10-18-13-7-5-4-6-11(13)16(12)19-14-8-2-1-3-9-15(14)20/h4-7,10,14-15,20H,1-3,8-9,17H2,(H,18,19). The third-order valence-electron chi connectivity index (χ3n) is 4.11. The first kappa shape index (κ1) is 13.2. The summed E-state index contributed by atoms with van der Waals surface area (Å²) in [6.07, 6.45) is 6.68. The van der Waals surface area contributed by atoms with E-state index in [-0.39, 0.29) is 12.1 Å². The Morgan fingerprint density at radius 3 is 2.85 bits per heavy atom. The summed E-state index contributed by atoms with van der Waals surface area (Å²) < 4.78 is 0. The van der Waals surface area contributed by atoms with E-state index in [1.54, 1.807) is 6.20 Å². The van der Waals surface area contributed by atoms with E-state index in [9.17, 15) is 5.11 Å². The Bertz CT molecular complexity index is 599. The molecule has 20 heavy (non-hydrogen) atoms. The average molecular weight is 271 g/mol. The lowest BCUT2D eigenvalue weighted by Crippen LogP contribution is -2.32. The summed E-state index contributed by atoms with van der Waals surface area (Å²) in [5.74, 6) is 0. The van der Waals surface area contributed by atoms with E-state index in [4.69, 9.17) is 5.73 Å². The van der Waals surface area contributed by atoms with Crippen molar-refractivity contribution in [1.82, 2.24) is 4.98 Å². The highest BCUT2D eigenvalue weighted by atomic mass is 16.3. The van der Waals surface area contributed by atoms with E-state index in [2.05, 4.69) is 10.3 Å². The van der Waals surface area contributed by atoms with E-state index in [0.29, 0.717) is 5.69 Å². The van der Waals surface area contributed by atoms with Crippen LogP contribution in [0.3, 0.4) is 0 Å². The fourth-order valence-electron chi connectivity index (χ4n) is 2.96. The predicted octanol–water partition coefficient (Wildman–Crippen LogP) is 2.92. The fourth-order valence-corrected chi connectivity index (χ4v) is 2.96. The van der Waals surface area contributed by atoms with Crippen LogP contribution >= 0.6 is 0 Å². The molecule has 1 aromatic carbocycles. The maximum absolute atomic E-state index is 10.3. The lowest BCUT2D eigenvalue weighted by molar-refractivity contribution is 0.144. The minimum absolute atomic E-state index is 0.0746. The van der Waals surface area contributed by atoms with Gasteiger partial charge in [0, 0.05) is 5.39 Å². The summed E-state index contributed by atoms with van der Waals surface area (Å²) >= 11 is 0. The van der Waals surface area contributed by atoms with Crippen LogP contribution in [0, 0.1) is 0 Å². The number of nitrogen functional groups attached to an aromatic ring is 1. The maximum Gasteiger partial charge on any atom is 0.0743 e. The van der Waals surface area contributed by atoms with Crippen molar-refractivity contribution in [2.45, 2.75) is 44.2 Å². The van der Waals surface area contributed by atoms with E-state index in [0.717, 1.165) is 42.3 Å². The molecule has 0 bridgehead atoms. The smallest absolute Gasteiger partial charge is 0.0743 e. The molecule has 0 radical (unpaired) electrons. The number of para-hydroxylation sites is 1. The molecule has 1 heterocycles. The summed E-state index contributed by atoms with van der Waals surface area (Å²) in [5, 5.41) is 14.7. The van der Waals surface area contributed by atoms with Gasteiger partial charge in [0.2, 0.25) is 0 Å². The Balaban J connectivity index is 1.95. The summed E-state index contributed by atoms with van der Waals surface area (Å²) in [7, 11) is 0. The number of pyridine rings is 1. The quantitative estimate of drug-likeness (QED) is 0.734. The molecule has 1 aliphatic rings. The van der Waals surface area contributed by atoms with Gasteiger partial charge in [0.05, 0.1) is 35.2 Å². The molecule has 1 saturated carbocycles. The number of hydrogen-bond acceptors (Lipinski definition) is 4. The molecular formula is C16H21N3O. The van der Waals surface area contributed by atoms with E-state index in [1.165, 1.54) is 6.42 Å². The molecule has 2 aromatic rings. The zero-order valence-electron chi connectivity index (χ0n) is 11.5. The summed E-state index contributed by atoms with van der Waals surface area (Å²) in [6.45, 7) is 0. The van der Waals surface area contributed by atoms with Crippen LogP contribution in [0.4, 0.5) is 11.4 Å². The van der Waals surface area contributed by atoms with Crippen molar-refractivity contribution in [3.63, 3.8) is 0 Å². The molecule has 1 aromatic heterocycles. The molecule has 2 unspecified atom stereocenters. The van der Waals surface area contributed by atoms with Crippen molar-refractivity contribution in [1.29, 1.82) is 0 Å². The van der Waals surface area contributed by atoms with Gasteiger partial charge in [-0.2, -0.15) is 0 Å². The number of aromatic nitrogens is 1. The molecular weight excluding hydrogens is 250 g/mol. The summed E-state index contributed by atoms with van der Waals surface area (Å²) in [4.78, 5) is 4.34. The lowest BCUT2D eigenvalue weighted by Gasteiger charge is -2.24. The number of benzene rings is 1. The van der Waals surface area contributed by atoms with Gasteiger partial charge in [0.1, 0.15) is 0 Å². The number of anilines is 2. The van der Waals surface area contributed by atoms with Crippen LogP contribution in [0.2, 0.25) is 0 Å². The van der Waals surface area contributed by atoms with E-state index >= 15 is 0 Å². The fraction of sp³-hybridized carbons (Fsp3) is 0.438. The minimum Gasteiger partial charge on any atom is -0.396 e. The molecule has 4 nitrogen and oxygen atoms in total. The van der Waals surface area contributed by atoms with Crippen molar-refractivity contribution in [2.75, 3.05) is 11.1 Å². The SMILES string of the molecule is Nc1cnc2ccccc2c1NC1CCCCCC1O. The second kappa shape index (κ2) is 5.67. The van der Waals surface area contributed by atoms with Crippen LogP contribution in [0.25, 0.3) is 10.9 Å². The number of fused-ring (bicyclic) bond motifs is 1. The summed E-state index contributed by atoms with van der Waals surface area (Å²) in [5.41, 5.74) is 8.55. The molecule has 2 atom stereocenters. The summed E-state index contributed by atoms with van der Waals surface area (Å²) in [6, 6.07) is 8.02. The Labute approximate surface area is 119 Å². The van der Waals surface area contributed by atoms with Crippen LogP contribution in [0.5, 0.6) is 0 Å². The molecule has 4 N–H and O–H groups in total. The second-order valence-corrected chi connectivity index (χ2v) is 5.56. The van der Waals surface area contributed by atoms with Crippen LogP contribution in [0.15, 0.2) is 30.5 Å². The van der Waals surface area contributed by atoms with Gasteiger partial charge < -0.3 is 16.2 Å². The Morgan fingerprint density at radius 1 is 1.15 bits per heavy atom. The zero-order chi connectivity index (χ0) is 13.9. The largest absolute Gasteiger partial charge is 0.396 e. The highest BCUT2D eigenvalue weighted by Crippen LogP contribution is 2.30. The van der Waals surface area contributed by atoms with Gasteiger partial charge in [-0.25, -0.2) is 0 Å². The highest BCUT2D eigenvalue weighted by Gasteiger charge is 2.22. The van der Waals surface area contributed by atoms with Gasteiger partial charge in [-0.05, 0) is 18.9 Å². The predicted molar refractivity (Wildman–Crippen MR) is 82.7 cm³/mol. The maximum atomic E-state index is 10.3. The van der Waals surface area contributed by atoms with Crippen molar-refractivity contribution in [3.8, 4) is 0 Å². The Kier molecular flexibility index (Phi) is 3.74. The van der Waals surface area contributed by atoms with Gasteiger partial charge in [-0.3, -0.25) is 4.98 Å². The molecule has 0 saturated heterocycles. The third kappa shape index (κ3) is 2.56. The first-order valence-corrected chi connectivity index (χ1v) is 7.33. The average Bonchev–Trinajstić information content (AvgIpc) is 2.67. The van der Waals surface area contributed by atoms with Gasteiger partial charge in [0.25, 0.3) is 0 Å². The molecule has 0 spiro atoms. The Hall–Kier alpha value is -1.81.